The molecule has 0 aliphatic carbocycles. The highest BCUT2D eigenvalue weighted by atomic mass is 15.2. The predicted molar refractivity (Wildman–Crippen MR) is 94.4 cm³/mol. The van der Waals surface area contributed by atoms with E-state index in [9.17, 15) is 0 Å². The van der Waals surface area contributed by atoms with E-state index >= 15 is 0 Å². The van der Waals surface area contributed by atoms with Gasteiger partial charge in [0.2, 0.25) is 5.78 Å². The van der Waals surface area contributed by atoms with Gasteiger partial charge in [-0.05, 0) is 52.8 Å². The largest absolute Gasteiger partial charge is 0.304 e. The van der Waals surface area contributed by atoms with Crippen molar-refractivity contribution in [1.82, 2.24) is 14.0 Å². The summed E-state index contributed by atoms with van der Waals surface area (Å²) in [4.78, 5) is 4.88. The Hall–Kier alpha value is -2.29. The molecule has 3 rings (SSSR count). The highest BCUT2D eigenvalue weighted by molar-refractivity contribution is 5.80. The molecule has 3 nitrogen and oxygen atoms in total. The Balaban J connectivity index is 2.65. The third kappa shape index (κ3) is 2.08. The van der Waals surface area contributed by atoms with Crippen LogP contribution in [0.25, 0.3) is 29.0 Å². The zero-order chi connectivity index (χ0) is 15.9. The van der Waals surface area contributed by atoms with Gasteiger partial charge in [0.1, 0.15) is 0 Å². The van der Waals surface area contributed by atoms with E-state index in [2.05, 4.69) is 79.2 Å². The van der Waals surface area contributed by atoms with Gasteiger partial charge in [0.05, 0.1) is 21.7 Å². The minimum absolute atomic E-state index is 0.0443. The second kappa shape index (κ2) is 5.16. The van der Waals surface area contributed by atoms with E-state index in [0.29, 0.717) is 0 Å². The van der Waals surface area contributed by atoms with Gasteiger partial charge >= 0.3 is 0 Å². The van der Waals surface area contributed by atoms with Crippen LogP contribution in [0.4, 0.5) is 0 Å². The van der Waals surface area contributed by atoms with E-state index < -0.39 is 0 Å². The highest BCUT2D eigenvalue weighted by Gasteiger charge is 2.21. The Morgan fingerprint density at radius 3 is 2.41 bits per heavy atom. The van der Waals surface area contributed by atoms with Crippen molar-refractivity contribution in [3.63, 3.8) is 0 Å². The van der Waals surface area contributed by atoms with Crippen LogP contribution in [-0.2, 0) is 5.54 Å². The molecule has 3 aromatic rings. The summed E-state index contributed by atoms with van der Waals surface area (Å²) >= 11 is 0. The molecular weight excluding hydrogens is 270 g/mol. The molecular formula is C19H23N3. The topological polar surface area (TPSA) is 22.2 Å². The van der Waals surface area contributed by atoms with Gasteiger partial charge in [-0.1, -0.05) is 30.4 Å². The maximum absolute atomic E-state index is 4.88. The van der Waals surface area contributed by atoms with Crippen LogP contribution in [-0.4, -0.2) is 14.0 Å². The number of fused-ring (bicyclic) bond motifs is 3. The fraction of sp³-hybridized carbons (Fsp3) is 0.316. The number of hydrogen-bond donors (Lipinski definition) is 0. The number of allylic oxidation sites excluding steroid dienone is 2. The first-order chi connectivity index (χ1) is 10.5. The van der Waals surface area contributed by atoms with Crippen molar-refractivity contribution in [1.29, 1.82) is 0 Å². The summed E-state index contributed by atoms with van der Waals surface area (Å²) < 4.78 is 4.58. The van der Waals surface area contributed by atoms with E-state index in [1.54, 1.807) is 0 Å². The van der Waals surface area contributed by atoms with Crippen molar-refractivity contribution in [3.8, 4) is 0 Å². The van der Waals surface area contributed by atoms with Crippen LogP contribution < -0.4 is 10.7 Å². The average Bonchev–Trinajstić information content (AvgIpc) is 2.97. The van der Waals surface area contributed by atoms with Gasteiger partial charge in [-0.25, -0.2) is 4.98 Å². The molecule has 0 N–H and O–H groups in total. The maximum atomic E-state index is 4.88. The van der Waals surface area contributed by atoms with Gasteiger partial charge in [-0.2, -0.15) is 0 Å². The van der Waals surface area contributed by atoms with E-state index in [1.807, 2.05) is 13.0 Å². The smallest absolute Gasteiger partial charge is 0.216 e. The molecule has 2 heterocycles. The van der Waals surface area contributed by atoms with Gasteiger partial charge < -0.3 is 4.57 Å². The summed E-state index contributed by atoms with van der Waals surface area (Å²) in [6.07, 6.45) is 8.48. The zero-order valence-corrected chi connectivity index (χ0v) is 14.0. The monoisotopic (exact) mass is 293 g/mol. The van der Waals surface area contributed by atoms with Crippen LogP contribution in [0, 0.1) is 0 Å². The van der Waals surface area contributed by atoms with Crippen molar-refractivity contribution in [3.05, 3.63) is 47.1 Å². The number of nitrogens with zero attached hydrogens (tertiary/aromatic N) is 3. The lowest BCUT2D eigenvalue weighted by molar-refractivity contribution is 0.398. The van der Waals surface area contributed by atoms with Crippen LogP contribution >= 0.6 is 0 Å². The Morgan fingerprint density at radius 1 is 1.05 bits per heavy atom. The zero-order valence-electron chi connectivity index (χ0n) is 14.0. The van der Waals surface area contributed by atoms with E-state index in [1.165, 1.54) is 10.7 Å². The molecule has 1 aromatic carbocycles. The summed E-state index contributed by atoms with van der Waals surface area (Å²) in [6, 6.07) is 8.32. The van der Waals surface area contributed by atoms with Gasteiger partial charge in [-0.15, -0.1) is 0 Å². The summed E-state index contributed by atoms with van der Waals surface area (Å²) in [6.45, 7) is 10.8. The van der Waals surface area contributed by atoms with Gasteiger partial charge in [0, 0.05) is 5.54 Å². The lowest BCUT2D eigenvalue weighted by Gasteiger charge is -2.21. The normalized spacial score (nSPS) is 15.0. The van der Waals surface area contributed by atoms with Crippen molar-refractivity contribution >= 4 is 29.0 Å². The number of imidazole rings is 2. The Morgan fingerprint density at radius 2 is 1.77 bits per heavy atom. The molecule has 0 aliphatic rings. The minimum Gasteiger partial charge on any atom is -0.304 e. The first kappa shape index (κ1) is 14.6. The maximum Gasteiger partial charge on any atom is 0.216 e. The number of rotatable bonds is 1. The van der Waals surface area contributed by atoms with Crippen LogP contribution in [0.1, 0.15) is 34.6 Å². The fourth-order valence-electron chi connectivity index (χ4n) is 3.02. The van der Waals surface area contributed by atoms with E-state index in [4.69, 9.17) is 4.98 Å². The summed E-state index contributed by atoms with van der Waals surface area (Å²) in [5.74, 6) is 0.998. The molecule has 0 aliphatic heterocycles. The SMILES string of the molecule is C\C=C/C=c1\c(=C/C)n2c3ccccc3nc2n1C(C)(C)C. The van der Waals surface area contributed by atoms with E-state index in [-0.39, 0.29) is 5.54 Å². The minimum atomic E-state index is -0.0443. The lowest BCUT2D eigenvalue weighted by atomic mass is 10.1. The van der Waals surface area contributed by atoms with Gasteiger partial charge in [0.25, 0.3) is 0 Å². The Labute approximate surface area is 130 Å². The lowest BCUT2D eigenvalue weighted by Crippen LogP contribution is -2.38. The number of para-hydroxylation sites is 2. The second-order valence-corrected chi connectivity index (χ2v) is 6.49. The van der Waals surface area contributed by atoms with Crippen molar-refractivity contribution in [2.24, 2.45) is 0 Å². The summed E-state index contributed by atoms with van der Waals surface area (Å²) in [5.41, 5.74) is 2.15. The summed E-state index contributed by atoms with van der Waals surface area (Å²) in [5, 5.41) is 2.39. The molecule has 0 radical (unpaired) electrons. The van der Waals surface area contributed by atoms with Gasteiger partial charge in [-0.3, -0.25) is 4.40 Å². The molecule has 0 saturated carbocycles. The Bertz CT molecular complexity index is 976. The van der Waals surface area contributed by atoms with Crippen LogP contribution in [0.15, 0.2) is 36.4 Å². The molecule has 0 atom stereocenters. The fourth-order valence-corrected chi connectivity index (χ4v) is 3.02. The number of aromatic nitrogens is 3. The molecule has 2 aromatic heterocycles. The van der Waals surface area contributed by atoms with Crippen LogP contribution in [0.5, 0.6) is 0 Å². The summed E-state index contributed by atoms with van der Waals surface area (Å²) in [7, 11) is 0. The highest BCUT2D eigenvalue weighted by Crippen LogP contribution is 2.19. The molecule has 0 unspecified atom stereocenters. The number of hydrogen-bond acceptors (Lipinski definition) is 1. The first-order valence-corrected chi connectivity index (χ1v) is 7.76. The van der Waals surface area contributed by atoms with Crippen molar-refractivity contribution < 1.29 is 0 Å². The van der Waals surface area contributed by atoms with Crippen molar-refractivity contribution in [2.75, 3.05) is 0 Å². The molecule has 114 valence electrons. The second-order valence-electron chi connectivity index (χ2n) is 6.49. The Kier molecular flexibility index (Phi) is 3.44. The van der Waals surface area contributed by atoms with Crippen molar-refractivity contribution in [2.45, 2.75) is 40.2 Å². The third-order valence-electron chi connectivity index (χ3n) is 3.88. The van der Waals surface area contributed by atoms with Crippen LogP contribution in [0.3, 0.4) is 0 Å². The molecule has 0 fully saturated rings. The molecule has 22 heavy (non-hydrogen) atoms. The van der Waals surface area contributed by atoms with E-state index in [0.717, 1.165) is 16.8 Å². The first-order valence-electron chi connectivity index (χ1n) is 7.76. The molecule has 0 saturated heterocycles. The third-order valence-corrected chi connectivity index (χ3v) is 3.88. The average molecular weight is 293 g/mol. The molecule has 0 bridgehead atoms. The van der Waals surface area contributed by atoms with Gasteiger partial charge in [0.15, 0.2) is 0 Å². The standard InChI is InChI=1S/C19H23N3/c1-6-8-12-17-15(7-2)21-16-13-10-9-11-14(16)20-18(21)22(17)19(3,4)5/h6-13H,1-5H3/b8-6-,15-7+,17-12+. The predicted octanol–water partition coefficient (Wildman–Crippen LogP) is 3.20. The molecule has 0 amide bonds. The molecule has 3 heteroatoms. The number of benzene rings is 1. The molecule has 0 spiro atoms. The van der Waals surface area contributed by atoms with Crippen LogP contribution in [0.2, 0.25) is 0 Å². The quantitative estimate of drug-likeness (QED) is 0.675.